The van der Waals surface area contributed by atoms with Gasteiger partial charge in [-0.2, -0.15) is 0 Å². The van der Waals surface area contributed by atoms with Gasteiger partial charge in [0.2, 0.25) is 0 Å². The lowest BCUT2D eigenvalue weighted by Crippen LogP contribution is -2.54. The van der Waals surface area contributed by atoms with Crippen molar-refractivity contribution in [1.82, 2.24) is 4.90 Å². The molecule has 0 spiro atoms. The molecule has 0 amide bonds. The zero-order valence-corrected chi connectivity index (χ0v) is 12.1. The Labute approximate surface area is 121 Å². The van der Waals surface area contributed by atoms with Crippen LogP contribution in [0.15, 0.2) is 30.3 Å². The second-order valence-electron chi connectivity index (χ2n) is 6.32. The standard InChI is InChI=1S/C17H25NO2/c19-17(16-8-4-11-20-13-16)9-5-10-18(14-17)12-15-6-2-1-3-7-15/h1-3,6-7,16,19H,4-5,8-14H2. The van der Waals surface area contributed by atoms with E-state index >= 15 is 0 Å². The lowest BCUT2D eigenvalue weighted by molar-refractivity contribution is -0.115. The van der Waals surface area contributed by atoms with Crippen molar-refractivity contribution < 1.29 is 9.84 Å². The van der Waals surface area contributed by atoms with E-state index in [-0.39, 0.29) is 0 Å². The molecule has 2 aliphatic heterocycles. The van der Waals surface area contributed by atoms with Crippen molar-refractivity contribution in [2.45, 2.75) is 37.8 Å². The topological polar surface area (TPSA) is 32.7 Å². The molecule has 0 bridgehead atoms. The molecule has 0 saturated carbocycles. The first-order valence-electron chi connectivity index (χ1n) is 7.83. The normalized spacial score (nSPS) is 32.1. The first-order valence-corrected chi connectivity index (χ1v) is 7.83. The number of β-amino-alcohol motifs (C(OH)–C–C–N with tert-alkyl or cyclic N) is 1. The Morgan fingerprint density at radius 1 is 1.25 bits per heavy atom. The average molecular weight is 275 g/mol. The summed E-state index contributed by atoms with van der Waals surface area (Å²) < 4.78 is 5.58. The molecule has 0 aromatic heterocycles. The molecule has 1 aromatic carbocycles. The third kappa shape index (κ3) is 3.22. The van der Waals surface area contributed by atoms with Crippen LogP contribution < -0.4 is 0 Å². The van der Waals surface area contributed by atoms with Crippen molar-refractivity contribution in [3.05, 3.63) is 35.9 Å². The minimum atomic E-state index is -0.548. The maximum Gasteiger partial charge on any atom is 0.0824 e. The minimum absolute atomic E-state index is 0.315. The summed E-state index contributed by atoms with van der Waals surface area (Å²) in [5.74, 6) is 0.315. The first-order chi connectivity index (χ1) is 9.76. The largest absolute Gasteiger partial charge is 0.388 e. The Kier molecular flexibility index (Phi) is 4.39. The quantitative estimate of drug-likeness (QED) is 0.919. The number of benzene rings is 1. The fourth-order valence-electron chi connectivity index (χ4n) is 3.63. The Hall–Kier alpha value is -0.900. The van der Waals surface area contributed by atoms with Gasteiger partial charge in [-0.3, -0.25) is 4.90 Å². The van der Waals surface area contributed by atoms with Crippen LogP contribution in [0.4, 0.5) is 0 Å². The smallest absolute Gasteiger partial charge is 0.0824 e. The molecule has 3 nitrogen and oxygen atoms in total. The van der Waals surface area contributed by atoms with Crippen LogP contribution in [0.2, 0.25) is 0 Å². The lowest BCUT2D eigenvalue weighted by atomic mass is 9.78. The van der Waals surface area contributed by atoms with E-state index in [0.29, 0.717) is 5.92 Å². The molecular formula is C17H25NO2. The van der Waals surface area contributed by atoms with Crippen molar-refractivity contribution in [3.63, 3.8) is 0 Å². The average Bonchev–Trinajstić information content (AvgIpc) is 2.49. The molecule has 2 atom stereocenters. The van der Waals surface area contributed by atoms with Gasteiger partial charge in [-0.1, -0.05) is 30.3 Å². The molecule has 2 saturated heterocycles. The van der Waals surface area contributed by atoms with E-state index in [1.54, 1.807) is 0 Å². The molecule has 3 rings (SSSR count). The Bertz CT molecular complexity index is 416. The van der Waals surface area contributed by atoms with E-state index in [1.807, 2.05) is 0 Å². The van der Waals surface area contributed by atoms with Gasteiger partial charge in [0.05, 0.1) is 12.2 Å². The summed E-state index contributed by atoms with van der Waals surface area (Å²) in [7, 11) is 0. The zero-order chi connectivity index (χ0) is 13.8. The third-order valence-electron chi connectivity index (χ3n) is 4.75. The van der Waals surface area contributed by atoms with Crippen LogP contribution in [0, 0.1) is 5.92 Å². The molecule has 2 unspecified atom stereocenters. The van der Waals surface area contributed by atoms with Gasteiger partial charge >= 0.3 is 0 Å². The summed E-state index contributed by atoms with van der Waals surface area (Å²) in [6.45, 7) is 4.41. The molecular weight excluding hydrogens is 250 g/mol. The summed E-state index contributed by atoms with van der Waals surface area (Å²) in [6, 6.07) is 10.5. The molecule has 110 valence electrons. The summed E-state index contributed by atoms with van der Waals surface area (Å²) in [5, 5.41) is 11.0. The van der Waals surface area contributed by atoms with Crippen LogP contribution in [0.1, 0.15) is 31.2 Å². The Morgan fingerprint density at radius 3 is 2.85 bits per heavy atom. The van der Waals surface area contributed by atoms with Gasteiger partial charge in [-0.05, 0) is 37.8 Å². The third-order valence-corrected chi connectivity index (χ3v) is 4.75. The Balaban J connectivity index is 1.63. The van der Waals surface area contributed by atoms with Crippen molar-refractivity contribution in [2.75, 3.05) is 26.3 Å². The minimum Gasteiger partial charge on any atom is -0.388 e. The van der Waals surface area contributed by atoms with E-state index in [4.69, 9.17) is 4.74 Å². The molecule has 1 aromatic rings. The van der Waals surface area contributed by atoms with Crippen LogP contribution in [-0.2, 0) is 11.3 Å². The fourth-order valence-corrected chi connectivity index (χ4v) is 3.63. The molecule has 0 aliphatic carbocycles. The zero-order valence-electron chi connectivity index (χ0n) is 12.1. The number of hydrogen-bond acceptors (Lipinski definition) is 3. The summed E-state index contributed by atoms with van der Waals surface area (Å²) in [4.78, 5) is 2.40. The van der Waals surface area contributed by atoms with Crippen LogP contribution in [0.3, 0.4) is 0 Å². The van der Waals surface area contributed by atoms with Gasteiger partial charge in [0.25, 0.3) is 0 Å². The number of piperidine rings is 1. The summed E-state index contributed by atoms with van der Waals surface area (Å²) in [6.07, 6.45) is 4.20. The van der Waals surface area contributed by atoms with Crippen LogP contribution >= 0.6 is 0 Å². The van der Waals surface area contributed by atoms with Crippen LogP contribution in [0.25, 0.3) is 0 Å². The highest BCUT2D eigenvalue weighted by molar-refractivity contribution is 5.14. The van der Waals surface area contributed by atoms with Gasteiger partial charge in [-0.25, -0.2) is 0 Å². The maximum absolute atomic E-state index is 11.0. The molecule has 2 heterocycles. The van der Waals surface area contributed by atoms with Crippen LogP contribution in [0.5, 0.6) is 0 Å². The van der Waals surface area contributed by atoms with E-state index in [0.717, 1.165) is 58.5 Å². The second kappa shape index (κ2) is 6.25. The van der Waals surface area contributed by atoms with Gasteiger partial charge in [0.1, 0.15) is 0 Å². The molecule has 2 fully saturated rings. The van der Waals surface area contributed by atoms with E-state index < -0.39 is 5.60 Å². The van der Waals surface area contributed by atoms with Gasteiger partial charge in [0, 0.05) is 25.6 Å². The lowest BCUT2D eigenvalue weighted by Gasteiger charge is -2.45. The highest BCUT2D eigenvalue weighted by atomic mass is 16.5. The molecule has 3 heteroatoms. The van der Waals surface area contributed by atoms with Crippen LogP contribution in [-0.4, -0.2) is 41.9 Å². The first kappa shape index (κ1) is 14.1. The van der Waals surface area contributed by atoms with Crippen molar-refractivity contribution in [2.24, 2.45) is 5.92 Å². The monoisotopic (exact) mass is 275 g/mol. The van der Waals surface area contributed by atoms with E-state index in [1.165, 1.54) is 5.56 Å². The molecule has 1 N–H and O–H groups in total. The van der Waals surface area contributed by atoms with Gasteiger partial charge in [-0.15, -0.1) is 0 Å². The molecule has 20 heavy (non-hydrogen) atoms. The maximum atomic E-state index is 11.0. The molecule has 2 aliphatic rings. The van der Waals surface area contributed by atoms with Crippen molar-refractivity contribution >= 4 is 0 Å². The highest BCUT2D eigenvalue weighted by Crippen LogP contribution is 2.34. The predicted octanol–water partition coefficient (Wildman–Crippen LogP) is 2.44. The summed E-state index contributed by atoms with van der Waals surface area (Å²) >= 11 is 0. The number of hydrogen-bond donors (Lipinski definition) is 1. The number of nitrogens with zero attached hydrogens (tertiary/aromatic N) is 1. The Morgan fingerprint density at radius 2 is 2.10 bits per heavy atom. The van der Waals surface area contributed by atoms with E-state index in [2.05, 4.69) is 35.2 Å². The van der Waals surface area contributed by atoms with Gasteiger partial charge < -0.3 is 9.84 Å². The number of aliphatic hydroxyl groups is 1. The highest BCUT2D eigenvalue weighted by Gasteiger charge is 2.41. The SMILES string of the molecule is OC1(C2CCCOC2)CCCN(Cc2ccccc2)C1. The number of likely N-dealkylation sites (tertiary alicyclic amines) is 1. The fraction of sp³-hybridized carbons (Fsp3) is 0.647. The van der Waals surface area contributed by atoms with Crippen molar-refractivity contribution in [3.8, 4) is 0 Å². The summed E-state index contributed by atoms with van der Waals surface area (Å²) in [5.41, 5.74) is 0.782. The number of ether oxygens (including phenoxy) is 1. The van der Waals surface area contributed by atoms with Crippen molar-refractivity contribution in [1.29, 1.82) is 0 Å². The molecule has 0 radical (unpaired) electrons. The van der Waals surface area contributed by atoms with E-state index in [9.17, 15) is 5.11 Å². The second-order valence-corrected chi connectivity index (χ2v) is 6.32. The number of rotatable bonds is 3. The predicted molar refractivity (Wildman–Crippen MR) is 79.4 cm³/mol. The van der Waals surface area contributed by atoms with Gasteiger partial charge in [0.15, 0.2) is 0 Å².